The molecule has 0 unspecified atom stereocenters. The SMILES string of the molecule is N=C(N)c1ccc(CCc2c[nH]cn2)cc1. The standard InChI is InChI=1S/C12H14N4/c13-12(14)10-4-1-9(2-5-10)3-6-11-7-15-8-16-11/h1-2,4-5,7-8H,3,6H2,(H3,13,14)(H,15,16). The van der Waals surface area contributed by atoms with Crippen LogP contribution in [0.5, 0.6) is 0 Å². The van der Waals surface area contributed by atoms with E-state index >= 15 is 0 Å². The number of aromatic amines is 1. The van der Waals surface area contributed by atoms with Gasteiger partial charge in [-0.25, -0.2) is 4.98 Å². The molecule has 0 spiro atoms. The Balaban J connectivity index is 1.98. The summed E-state index contributed by atoms with van der Waals surface area (Å²) in [5.41, 5.74) is 8.45. The Bertz CT molecular complexity index is 456. The summed E-state index contributed by atoms with van der Waals surface area (Å²) in [7, 11) is 0. The van der Waals surface area contributed by atoms with E-state index in [9.17, 15) is 0 Å². The topological polar surface area (TPSA) is 78.5 Å². The minimum absolute atomic E-state index is 0.110. The molecule has 4 N–H and O–H groups in total. The lowest BCUT2D eigenvalue weighted by Gasteiger charge is -2.01. The first-order chi connectivity index (χ1) is 7.75. The van der Waals surface area contributed by atoms with E-state index in [1.165, 1.54) is 5.56 Å². The van der Waals surface area contributed by atoms with Gasteiger partial charge in [0.25, 0.3) is 0 Å². The number of nitrogens with two attached hydrogens (primary N) is 1. The van der Waals surface area contributed by atoms with Crippen molar-refractivity contribution in [1.29, 1.82) is 5.41 Å². The third-order valence-electron chi connectivity index (χ3n) is 2.49. The third kappa shape index (κ3) is 2.48. The van der Waals surface area contributed by atoms with Gasteiger partial charge in [0.15, 0.2) is 0 Å². The third-order valence-corrected chi connectivity index (χ3v) is 2.49. The number of aryl methyl sites for hydroxylation is 2. The number of imidazole rings is 1. The maximum atomic E-state index is 7.29. The van der Waals surface area contributed by atoms with Crippen LogP contribution < -0.4 is 5.73 Å². The van der Waals surface area contributed by atoms with Gasteiger partial charge in [-0.1, -0.05) is 24.3 Å². The van der Waals surface area contributed by atoms with E-state index < -0.39 is 0 Å². The fourth-order valence-electron chi connectivity index (χ4n) is 1.55. The molecule has 0 aliphatic rings. The van der Waals surface area contributed by atoms with Gasteiger partial charge in [-0.15, -0.1) is 0 Å². The van der Waals surface area contributed by atoms with Crippen LogP contribution in [0.1, 0.15) is 16.8 Å². The van der Waals surface area contributed by atoms with Gasteiger partial charge in [-0.2, -0.15) is 0 Å². The van der Waals surface area contributed by atoms with Crippen molar-refractivity contribution in [3.05, 3.63) is 53.6 Å². The van der Waals surface area contributed by atoms with Gasteiger partial charge in [0.2, 0.25) is 0 Å². The van der Waals surface area contributed by atoms with E-state index in [4.69, 9.17) is 11.1 Å². The van der Waals surface area contributed by atoms with E-state index in [1.54, 1.807) is 6.33 Å². The van der Waals surface area contributed by atoms with Crippen molar-refractivity contribution in [2.75, 3.05) is 0 Å². The lowest BCUT2D eigenvalue weighted by molar-refractivity contribution is 0.925. The van der Waals surface area contributed by atoms with Crippen LogP contribution in [0.25, 0.3) is 0 Å². The summed E-state index contributed by atoms with van der Waals surface area (Å²) in [5, 5.41) is 7.29. The molecule has 0 atom stereocenters. The van der Waals surface area contributed by atoms with Gasteiger partial charge in [0, 0.05) is 11.8 Å². The van der Waals surface area contributed by atoms with Crippen LogP contribution in [0, 0.1) is 5.41 Å². The van der Waals surface area contributed by atoms with Gasteiger partial charge in [-0.3, -0.25) is 5.41 Å². The smallest absolute Gasteiger partial charge is 0.122 e. The second kappa shape index (κ2) is 4.61. The number of nitrogens with one attached hydrogen (secondary N) is 2. The summed E-state index contributed by atoms with van der Waals surface area (Å²) < 4.78 is 0. The van der Waals surface area contributed by atoms with Gasteiger partial charge >= 0.3 is 0 Å². The zero-order valence-corrected chi connectivity index (χ0v) is 8.90. The number of nitrogen functional groups attached to an aromatic ring is 1. The summed E-state index contributed by atoms with van der Waals surface area (Å²) in [6, 6.07) is 7.76. The zero-order chi connectivity index (χ0) is 11.4. The summed E-state index contributed by atoms with van der Waals surface area (Å²) in [5.74, 6) is 0.110. The molecule has 0 saturated carbocycles. The van der Waals surface area contributed by atoms with Crippen LogP contribution in [0.3, 0.4) is 0 Å². The van der Waals surface area contributed by atoms with Gasteiger partial charge in [-0.05, 0) is 18.4 Å². The number of hydrogen-bond donors (Lipinski definition) is 3. The maximum absolute atomic E-state index is 7.29. The molecule has 82 valence electrons. The summed E-state index contributed by atoms with van der Waals surface area (Å²) in [4.78, 5) is 7.10. The first-order valence-corrected chi connectivity index (χ1v) is 5.16. The lowest BCUT2D eigenvalue weighted by atomic mass is 10.1. The molecule has 0 aliphatic carbocycles. The predicted octanol–water partition coefficient (Wildman–Crippen LogP) is 1.48. The quantitative estimate of drug-likeness (QED) is 0.532. The summed E-state index contributed by atoms with van der Waals surface area (Å²) >= 11 is 0. The molecule has 0 aliphatic heterocycles. The van der Waals surface area contributed by atoms with Crippen molar-refractivity contribution < 1.29 is 0 Å². The highest BCUT2D eigenvalue weighted by Crippen LogP contribution is 2.07. The van der Waals surface area contributed by atoms with Crippen molar-refractivity contribution in [3.8, 4) is 0 Å². The van der Waals surface area contributed by atoms with E-state index in [2.05, 4.69) is 9.97 Å². The molecular formula is C12H14N4. The first-order valence-electron chi connectivity index (χ1n) is 5.16. The van der Waals surface area contributed by atoms with Crippen molar-refractivity contribution in [2.24, 2.45) is 5.73 Å². The number of rotatable bonds is 4. The van der Waals surface area contributed by atoms with E-state index in [1.807, 2.05) is 30.5 Å². The van der Waals surface area contributed by atoms with Crippen LogP contribution in [0.15, 0.2) is 36.8 Å². The fourth-order valence-corrected chi connectivity index (χ4v) is 1.55. The number of aromatic nitrogens is 2. The van der Waals surface area contributed by atoms with E-state index in [0.29, 0.717) is 0 Å². The average molecular weight is 214 g/mol. The molecule has 4 heteroatoms. The highest BCUT2D eigenvalue weighted by Gasteiger charge is 1.99. The van der Waals surface area contributed by atoms with Crippen molar-refractivity contribution in [2.45, 2.75) is 12.8 Å². The minimum Gasteiger partial charge on any atom is -0.384 e. The number of nitrogens with zero attached hydrogens (tertiary/aromatic N) is 1. The molecule has 1 aromatic carbocycles. The molecule has 1 aromatic heterocycles. The number of benzene rings is 1. The van der Waals surface area contributed by atoms with E-state index in [0.717, 1.165) is 24.1 Å². The molecule has 1 heterocycles. The summed E-state index contributed by atoms with van der Waals surface area (Å²) in [6.07, 6.45) is 5.46. The predicted molar refractivity (Wildman–Crippen MR) is 63.5 cm³/mol. The molecule has 0 bridgehead atoms. The van der Waals surface area contributed by atoms with Crippen molar-refractivity contribution in [3.63, 3.8) is 0 Å². The second-order valence-electron chi connectivity index (χ2n) is 3.67. The molecule has 2 aromatic rings. The van der Waals surface area contributed by atoms with Crippen LogP contribution in [-0.4, -0.2) is 15.8 Å². The number of H-pyrrole nitrogens is 1. The monoisotopic (exact) mass is 214 g/mol. The molecule has 0 fully saturated rings. The van der Waals surface area contributed by atoms with Gasteiger partial charge in [0.1, 0.15) is 5.84 Å². The number of hydrogen-bond acceptors (Lipinski definition) is 2. The largest absolute Gasteiger partial charge is 0.384 e. The summed E-state index contributed by atoms with van der Waals surface area (Å²) in [6.45, 7) is 0. The molecule has 0 saturated heterocycles. The molecule has 4 nitrogen and oxygen atoms in total. The maximum Gasteiger partial charge on any atom is 0.122 e. The van der Waals surface area contributed by atoms with Gasteiger partial charge < -0.3 is 10.7 Å². The Morgan fingerprint density at radius 2 is 2.00 bits per heavy atom. The molecule has 16 heavy (non-hydrogen) atoms. The highest BCUT2D eigenvalue weighted by atomic mass is 14.9. The Labute approximate surface area is 94.0 Å². The van der Waals surface area contributed by atoms with Crippen LogP contribution in [-0.2, 0) is 12.8 Å². The molecular weight excluding hydrogens is 200 g/mol. The lowest BCUT2D eigenvalue weighted by Crippen LogP contribution is -2.10. The highest BCUT2D eigenvalue weighted by molar-refractivity contribution is 5.94. The fraction of sp³-hybridized carbons (Fsp3) is 0.167. The van der Waals surface area contributed by atoms with Crippen molar-refractivity contribution in [1.82, 2.24) is 9.97 Å². The Morgan fingerprint density at radius 1 is 1.25 bits per heavy atom. The molecule has 0 amide bonds. The average Bonchev–Trinajstić information content (AvgIpc) is 2.80. The zero-order valence-electron chi connectivity index (χ0n) is 8.90. The van der Waals surface area contributed by atoms with Gasteiger partial charge in [0.05, 0.1) is 12.0 Å². The van der Waals surface area contributed by atoms with Crippen LogP contribution in [0.4, 0.5) is 0 Å². The second-order valence-corrected chi connectivity index (χ2v) is 3.67. The Morgan fingerprint density at radius 3 is 2.56 bits per heavy atom. The normalized spacial score (nSPS) is 10.2. The Kier molecular flexibility index (Phi) is 3.00. The van der Waals surface area contributed by atoms with E-state index in [-0.39, 0.29) is 5.84 Å². The van der Waals surface area contributed by atoms with Crippen molar-refractivity contribution >= 4 is 5.84 Å². The first kappa shape index (κ1) is 10.4. The minimum atomic E-state index is 0.110. The molecule has 2 rings (SSSR count). The van der Waals surface area contributed by atoms with Crippen LogP contribution in [0.2, 0.25) is 0 Å². The van der Waals surface area contributed by atoms with Crippen LogP contribution >= 0.6 is 0 Å². The number of amidine groups is 1. The molecule has 0 radical (unpaired) electrons. The Hall–Kier alpha value is -2.10.